The lowest BCUT2D eigenvalue weighted by atomic mass is 9.78. The molecule has 10 nitrogen and oxygen atoms in total. The maximum absolute atomic E-state index is 13.7. The summed E-state index contributed by atoms with van der Waals surface area (Å²) in [5, 5.41) is 7.51. The van der Waals surface area contributed by atoms with Crippen molar-refractivity contribution in [3.63, 3.8) is 0 Å². The zero-order chi connectivity index (χ0) is 37.6. The highest BCUT2D eigenvalue weighted by Crippen LogP contribution is 2.34. The van der Waals surface area contributed by atoms with Crippen LogP contribution in [0.25, 0.3) is 0 Å². The number of amides is 2. The van der Waals surface area contributed by atoms with Crippen LogP contribution in [0, 0.1) is 0 Å². The van der Waals surface area contributed by atoms with Gasteiger partial charge < -0.3 is 29.9 Å². The van der Waals surface area contributed by atoms with Crippen molar-refractivity contribution in [2.45, 2.75) is 206 Å². The maximum atomic E-state index is 13.7. The molecule has 2 rings (SSSR count). The summed E-state index contributed by atoms with van der Waals surface area (Å²) < 4.78 is 10.1. The Morgan fingerprint density at radius 2 is 0.800 bits per heavy atom. The zero-order valence-electron chi connectivity index (χ0n) is 33.6. The molecule has 0 aromatic carbocycles. The Hall–Kier alpha value is -2.20. The van der Waals surface area contributed by atoms with Gasteiger partial charge in [0.1, 0.15) is 0 Å². The van der Waals surface area contributed by atoms with E-state index in [2.05, 4.69) is 75.8 Å². The number of ether oxygens (including phenoxy) is 2. The van der Waals surface area contributed by atoms with Crippen LogP contribution in [0.4, 0.5) is 0 Å². The minimum absolute atomic E-state index is 0.0680. The van der Waals surface area contributed by atoms with E-state index >= 15 is 0 Å². The molecule has 50 heavy (non-hydrogen) atoms. The normalized spacial score (nSPS) is 19.8. The van der Waals surface area contributed by atoms with Gasteiger partial charge in [-0.15, -0.1) is 0 Å². The smallest absolute Gasteiger partial charge is 0.305 e. The zero-order valence-corrected chi connectivity index (χ0v) is 33.6. The van der Waals surface area contributed by atoms with Crippen LogP contribution in [-0.2, 0) is 28.7 Å². The predicted molar refractivity (Wildman–Crippen MR) is 201 cm³/mol. The second-order valence-electron chi connectivity index (χ2n) is 17.5. The molecule has 0 spiro atoms. The molecular weight excluding hydrogens is 632 g/mol. The molecule has 0 saturated carbocycles. The highest BCUT2D eigenvalue weighted by Gasteiger charge is 2.42. The second-order valence-corrected chi connectivity index (χ2v) is 17.5. The van der Waals surface area contributed by atoms with E-state index in [9.17, 15) is 19.2 Å². The van der Waals surface area contributed by atoms with Crippen molar-refractivity contribution < 1.29 is 28.7 Å². The van der Waals surface area contributed by atoms with Crippen LogP contribution >= 0.6 is 0 Å². The van der Waals surface area contributed by atoms with Crippen LogP contribution in [0.15, 0.2) is 0 Å². The van der Waals surface area contributed by atoms with E-state index in [-0.39, 0.29) is 58.0 Å². The van der Waals surface area contributed by atoms with Gasteiger partial charge in [0.15, 0.2) is 0 Å². The van der Waals surface area contributed by atoms with Crippen LogP contribution in [0.1, 0.15) is 172 Å². The summed E-state index contributed by atoms with van der Waals surface area (Å²) in [6.07, 6.45) is 11.8. The predicted octanol–water partition coefficient (Wildman–Crippen LogP) is 7.07. The van der Waals surface area contributed by atoms with Gasteiger partial charge in [-0.05, 0) is 133 Å². The first-order valence-corrected chi connectivity index (χ1v) is 19.8. The largest absolute Gasteiger partial charge is 0.466 e. The second kappa shape index (κ2) is 20.1. The molecule has 2 fully saturated rings. The van der Waals surface area contributed by atoms with Gasteiger partial charge in [-0.2, -0.15) is 0 Å². The van der Waals surface area contributed by atoms with Gasteiger partial charge in [-0.25, -0.2) is 0 Å². The van der Waals surface area contributed by atoms with Crippen molar-refractivity contribution in [3.05, 3.63) is 0 Å². The van der Waals surface area contributed by atoms with Crippen molar-refractivity contribution in [2.24, 2.45) is 0 Å². The molecule has 2 saturated heterocycles. The van der Waals surface area contributed by atoms with Gasteiger partial charge in [0.2, 0.25) is 11.8 Å². The quantitative estimate of drug-likeness (QED) is 0.0962. The van der Waals surface area contributed by atoms with E-state index in [1.165, 1.54) is 0 Å². The van der Waals surface area contributed by atoms with Crippen LogP contribution in [0.2, 0.25) is 0 Å². The molecule has 0 atom stereocenters. The number of hydrogen-bond donors (Lipinski definition) is 2. The Bertz CT molecular complexity index is 972. The highest BCUT2D eigenvalue weighted by molar-refractivity contribution is 5.77. The van der Waals surface area contributed by atoms with Crippen LogP contribution in [0.5, 0.6) is 0 Å². The molecule has 2 amide bonds. The SMILES string of the molecule is CCOC(=O)CCCCC(=O)N(CCCCCCN(C(=O)CCCCC(=O)OCC)C1CC(C)(C)NC(C)(C)C1)C1CC(C)(C)NC(C)(C)C1. The number of unbranched alkanes of at least 4 members (excludes halogenated alkanes) is 5. The first-order valence-electron chi connectivity index (χ1n) is 19.8. The minimum atomic E-state index is -0.194. The Kier molecular flexibility index (Phi) is 17.7. The first-order chi connectivity index (χ1) is 23.3. The summed E-state index contributed by atoms with van der Waals surface area (Å²) in [7, 11) is 0. The van der Waals surface area contributed by atoms with E-state index in [4.69, 9.17) is 9.47 Å². The molecule has 0 aromatic rings. The van der Waals surface area contributed by atoms with E-state index in [1.807, 2.05) is 13.8 Å². The van der Waals surface area contributed by atoms with Gasteiger partial charge >= 0.3 is 11.9 Å². The third-order valence-electron chi connectivity index (χ3n) is 10.1. The summed E-state index contributed by atoms with van der Waals surface area (Å²) in [5.41, 5.74) is -0.272. The topological polar surface area (TPSA) is 117 Å². The minimum Gasteiger partial charge on any atom is -0.466 e. The lowest BCUT2D eigenvalue weighted by molar-refractivity contribution is -0.144. The molecule has 0 aliphatic carbocycles. The van der Waals surface area contributed by atoms with E-state index in [0.29, 0.717) is 64.6 Å². The van der Waals surface area contributed by atoms with Crippen LogP contribution < -0.4 is 10.6 Å². The average molecular weight is 707 g/mol. The number of carbonyl (C=O) groups is 4. The fourth-order valence-corrected chi connectivity index (χ4v) is 8.76. The molecule has 0 aromatic heterocycles. The summed E-state index contributed by atoms with van der Waals surface area (Å²) in [6, 6.07) is 0.338. The number of nitrogens with zero attached hydrogens (tertiary/aromatic N) is 2. The third kappa shape index (κ3) is 16.4. The molecule has 2 aliphatic rings. The molecular formula is C40H74N4O6. The van der Waals surface area contributed by atoms with Gasteiger partial charge in [-0.1, -0.05) is 12.8 Å². The number of hydrogen-bond acceptors (Lipinski definition) is 8. The third-order valence-corrected chi connectivity index (χ3v) is 10.1. The van der Waals surface area contributed by atoms with Gasteiger partial charge in [-0.3, -0.25) is 19.2 Å². The van der Waals surface area contributed by atoms with Gasteiger partial charge in [0.05, 0.1) is 13.2 Å². The fourth-order valence-electron chi connectivity index (χ4n) is 8.76. The summed E-state index contributed by atoms with van der Waals surface area (Å²) in [6.45, 7) is 23.6. The Labute approximate surface area is 304 Å². The fraction of sp³-hybridized carbons (Fsp3) is 0.900. The van der Waals surface area contributed by atoms with Crippen molar-refractivity contribution in [3.8, 4) is 0 Å². The molecule has 2 heterocycles. The summed E-state index contributed by atoms with van der Waals surface area (Å²) in [4.78, 5) is 55.3. The Morgan fingerprint density at radius 1 is 0.500 bits per heavy atom. The molecule has 0 bridgehead atoms. The van der Waals surface area contributed by atoms with Crippen molar-refractivity contribution in [2.75, 3.05) is 26.3 Å². The molecule has 0 unspecified atom stereocenters. The number of nitrogens with one attached hydrogen (secondary N) is 2. The molecule has 290 valence electrons. The Morgan fingerprint density at radius 3 is 1.10 bits per heavy atom. The molecule has 2 N–H and O–H groups in total. The van der Waals surface area contributed by atoms with Gasteiger partial charge in [0.25, 0.3) is 0 Å². The number of carbonyl (C=O) groups excluding carboxylic acids is 4. The lowest BCUT2D eigenvalue weighted by Gasteiger charge is -2.50. The van der Waals surface area contributed by atoms with E-state index in [1.54, 1.807) is 0 Å². The maximum Gasteiger partial charge on any atom is 0.305 e. The van der Waals surface area contributed by atoms with Crippen molar-refractivity contribution in [1.29, 1.82) is 0 Å². The monoisotopic (exact) mass is 707 g/mol. The highest BCUT2D eigenvalue weighted by atomic mass is 16.5. The molecule has 2 aliphatic heterocycles. The van der Waals surface area contributed by atoms with Gasteiger partial charge in [0, 0.05) is 73.0 Å². The number of rotatable bonds is 21. The Balaban J connectivity index is 2.00. The number of esters is 2. The standard InChI is InChI=1S/C40H74N4O6/c1-11-49-35(47)23-17-15-21-33(45)43(31-27-37(3,4)41-38(5,6)28-31)25-19-13-14-20-26-44(32-29-39(7,8)42-40(9,10)30-32)34(46)22-16-18-24-36(48)50-12-2/h31-32,41-42H,11-30H2,1-10H3. The van der Waals surface area contributed by atoms with Crippen LogP contribution in [0.3, 0.4) is 0 Å². The van der Waals surface area contributed by atoms with Crippen molar-refractivity contribution >= 4 is 23.8 Å². The number of piperidine rings is 2. The van der Waals surface area contributed by atoms with E-state index < -0.39 is 0 Å². The summed E-state index contributed by atoms with van der Waals surface area (Å²) >= 11 is 0. The average Bonchev–Trinajstić information content (AvgIpc) is 2.96. The molecule has 10 heteroatoms. The molecule has 0 radical (unpaired) electrons. The lowest BCUT2D eigenvalue weighted by Crippen LogP contribution is -2.63. The van der Waals surface area contributed by atoms with Crippen molar-refractivity contribution in [1.82, 2.24) is 20.4 Å². The van der Waals surface area contributed by atoms with E-state index in [0.717, 1.165) is 64.5 Å². The first kappa shape index (κ1) is 44.0. The van der Waals surface area contributed by atoms with Crippen LogP contribution in [-0.4, -0.2) is 94.1 Å². The summed E-state index contributed by atoms with van der Waals surface area (Å²) in [5.74, 6) is -0.0209.